The first-order valence-corrected chi connectivity index (χ1v) is 5.77. The number of hydrogen-bond donors (Lipinski definition) is 1. The van der Waals surface area contributed by atoms with E-state index in [1.54, 1.807) is 24.3 Å². The summed E-state index contributed by atoms with van der Waals surface area (Å²) < 4.78 is 10.4. The minimum atomic E-state index is -0.523. The summed E-state index contributed by atoms with van der Waals surface area (Å²) in [6.07, 6.45) is 0. The highest BCUT2D eigenvalue weighted by Gasteiger charge is 2.15. The Bertz CT molecular complexity index is 631. The summed E-state index contributed by atoms with van der Waals surface area (Å²) in [5.74, 6) is 0.943. The Morgan fingerprint density at radius 1 is 1.35 bits per heavy atom. The lowest BCUT2D eigenvalue weighted by Crippen LogP contribution is -2.01. The zero-order chi connectivity index (χ0) is 14.5. The number of ether oxygens (including phenoxy) is 2. The van der Waals surface area contributed by atoms with Crippen molar-refractivity contribution < 1.29 is 14.4 Å². The molecule has 2 aromatic rings. The molecule has 0 fully saturated rings. The number of anilines is 1. The summed E-state index contributed by atoms with van der Waals surface area (Å²) in [7, 11) is 1.37. The first-order chi connectivity index (χ1) is 9.60. The topological polar surface area (TPSA) is 101 Å². The molecule has 1 aromatic heterocycles. The molecule has 0 saturated carbocycles. The summed E-state index contributed by atoms with van der Waals surface area (Å²) in [5, 5.41) is 10.9. The Kier molecular flexibility index (Phi) is 3.99. The van der Waals surface area contributed by atoms with Crippen LogP contribution in [0.1, 0.15) is 5.69 Å². The number of nitro groups is 1. The largest absolute Gasteiger partial charge is 0.490 e. The van der Waals surface area contributed by atoms with E-state index < -0.39 is 4.92 Å². The number of pyridine rings is 1. The lowest BCUT2D eigenvalue weighted by atomic mass is 10.3. The van der Waals surface area contributed by atoms with E-state index in [2.05, 4.69) is 4.98 Å². The molecule has 0 spiro atoms. The highest BCUT2D eigenvalue weighted by Crippen LogP contribution is 2.30. The van der Waals surface area contributed by atoms with Crippen LogP contribution in [-0.4, -0.2) is 17.0 Å². The second-order valence-corrected chi connectivity index (χ2v) is 3.93. The molecule has 7 nitrogen and oxygen atoms in total. The van der Waals surface area contributed by atoms with E-state index in [-0.39, 0.29) is 18.0 Å². The van der Waals surface area contributed by atoms with Gasteiger partial charge in [-0.05, 0) is 24.3 Å². The predicted molar refractivity (Wildman–Crippen MR) is 72.6 cm³/mol. The van der Waals surface area contributed by atoms with Crippen molar-refractivity contribution in [3.63, 3.8) is 0 Å². The van der Waals surface area contributed by atoms with E-state index in [0.29, 0.717) is 17.3 Å². The van der Waals surface area contributed by atoms with Gasteiger partial charge in [0.05, 0.1) is 23.8 Å². The van der Waals surface area contributed by atoms with Gasteiger partial charge < -0.3 is 15.2 Å². The summed E-state index contributed by atoms with van der Waals surface area (Å²) in [4.78, 5) is 14.4. The quantitative estimate of drug-likeness (QED) is 0.662. The maximum atomic E-state index is 10.9. The molecule has 0 aliphatic heterocycles. The van der Waals surface area contributed by atoms with Crippen molar-refractivity contribution in [2.45, 2.75) is 6.61 Å². The standard InChI is InChI=1S/C13H13N3O4/c1-19-12-6-5-10(7-11(12)16(17)18)20-8-9-3-2-4-13(14)15-9/h2-7H,8H2,1H3,(H2,14,15). The molecule has 0 saturated heterocycles. The normalized spacial score (nSPS) is 10.1. The Labute approximate surface area is 115 Å². The molecule has 104 valence electrons. The minimum absolute atomic E-state index is 0.148. The van der Waals surface area contributed by atoms with Gasteiger partial charge in [0.25, 0.3) is 0 Å². The van der Waals surface area contributed by atoms with Crippen molar-refractivity contribution in [1.29, 1.82) is 0 Å². The number of benzene rings is 1. The maximum Gasteiger partial charge on any atom is 0.314 e. The Balaban J connectivity index is 2.14. The van der Waals surface area contributed by atoms with Crippen LogP contribution >= 0.6 is 0 Å². The summed E-state index contributed by atoms with van der Waals surface area (Å²) in [6, 6.07) is 9.58. The number of methoxy groups -OCH3 is 1. The molecule has 0 radical (unpaired) electrons. The van der Waals surface area contributed by atoms with Gasteiger partial charge in [0, 0.05) is 0 Å². The van der Waals surface area contributed by atoms with Gasteiger partial charge >= 0.3 is 5.69 Å². The lowest BCUT2D eigenvalue weighted by molar-refractivity contribution is -0.385. The van der Waals surface area contributed by atoms with Gasteiger partial charge in [-0.1, -0.05) is 6.07 Å². The molecular formula is C13H13N3O4. The van der Waals surface area contributed by atoms with Gasteiger partial charge in [-0.2, -0.15) is 0 Å². The van der Waals surface area contributed by atoms with Crippen LogP contribution in [0.3, 0.4) is 0 Å². The molecule has 0 aliphatic carbocycles. The highest BCUT2D eigenvalue weighted by molar-refractivity contribution is 5.50. The van der Waals surface area contributed by atoms with Crippen molar-refractivity contribution in [1.82, 2.24) is 4.98 Å². The average Bonchev–Trinajstić information content (AvgIpc) is 2.45. The van der Waals surface area contributed by atoms with Crippen LogP contribution in [0.25, 0.3) is 0 Å². The fourth-order valence-electron chi connectivity index (χ4n) is 1.64. The van der Waals surface area contributed by atoms with Gasteiger partial charge in [-0.25, -0.2) is 4.98 Å². The third-order valence-electron chi connectivity index (χ3n) is 2.56. The van der Waals surface area contributed by atoms with Crippen molar-refractivity contribution in [3.05, 3.63) is 52.2 Å². The molecule has 0 aliphatic rings. The fraction of sp³-hybridized carbons (Fsp3) is 0.154. The van der Waals surface area contributed by atoms with Gasteiger partial charge in [-0.3, -0.25) is 10.1 Å². The van der Waals surface area contributed by atoms with E-state index in [9.17, 15) is 10.1 Å². The first-order valence-electron chi connectivity index (χ1n) is 5.77. The van der Waals surface area contributed by atoms with E-state index in [4.69, 9.17) is 15.2 Å². The van der Waals surface area contributed by atoms with Gasteiger partial charge in [-0.15, -0.1) is 0 Å². The number of rotatable bonds is 5. The second kappa shape index (κ2) is 5.87. The van der Waals surface area contributed by atoms with Crippen molar-refractivity contribution in [2.24, 2.45) is 0 Å². The maximum absolute atomic E-state index is 10.9. The number of hydrogen-bond acceptors (Lipinski definition) is 6. The third kappa shape index (κ3) is 3.14. The third-order valence-corrected chi connectivity index (χ3v) is 2.56. The fourth-order valence-corrected chi connectivity index (χ4v) is 1.64. The number of nitrogens with two attached hydrogens (primary N) is 1. The number of nitro benzene ring substituents is 1. The lowest BCUT2D eigenvalue weighted by Gasteiger charge is -2.07. The second-order valence-electron chi connectivity index (χ2n) is 3.93. The molecular weight excluding hydrogens is 262 g/mol. The molecule has 2 N–H and O–H groups in total. The zero-order valence-electron chi connectivity index (χ0n) is 10.8. The van der Waals surface area contributed by atoms with E-state index in [0.717, 1.165) is 0 Å². The van der Waals surface area contributed by atoms with Crippen molar-refractivity contribution in [2.75, 3.05) is 12.8 Å². The number of aromatic nitrogens is 1. The van der Waals surface area contributed by atoms with Crippen molar-refractivity contribution in [3.8, 4) is 11.5 Å². The molecule has 20 heavy (non-hydrogen) atoms. The molecule has 1 aromatic carbocycles. The van der Waals surface area contributed by atoms with Gasteiger partial charge in [0.1, 0.15) is 18.2 Å². The predicted octanol–water partition coefficient (Wildman–Crippen LogP) is 2.16. The average molecular weight is 275 g/mol. The van der Waals surface area contributed by atoms with Crippen LogP contribution in [0.2, 0.25) is 0 Å². The van der Waals surface area contributed by atoms with E-state index in [1.165, 1.54) is 19.2 Å². The van der Waals surface area contributed by atoms with Gasteiger partial charge in [0.15, 0.2) is 5.75 Å². The minimum Gasteiger partial charge on any atom is -0.490 e. The SMILES string of the molecule is COc1ccc(OCc2cccc(N)n2)cc1[N+](=O)[O-]. The van der Waals surface area contributed by atoms with Crippen LogP contribution in [0.5, 0.6) is 11.5 Å². The van der Waals surface area contributed by atoms with Crippen LogP contribution in [0.15, 0.2) is 36.4 Å². The smallest absolute Gasteiger partial charge is 0.314 e. The number of nitrogens with zero attached hydrogens (tertiary/aromatic N) is 2. The molecule has 7 heteroatoms. The summed E-state index contributed by atoms with van der Waals surface area (Å²) >= 11 is 0. The van der Waals surface area contributed by atoms with Gasteiger partial charge in [0.2, 0.25) is 0 Å². The highest BCUT2D eigenvalue weighted by atomic mass is 16.6. The summed E-state index contributed by atoms with van der Waals surface area (Å²) in [5.41, 5.74) is 6.05. The van der Waals surface area contributed by atoms with Crippen LogP contribution in [0.4, 0.5) is 11.5 Å². The molecule has 1 heterocycles. The Morgan fingerprint density at radius 2 is 2.15 bits per heavy atom. The number of nitrogen functional groups attached to an aromatic ring is 1. The molecule has 0 atom stereocenters. The van der Waals surface area contributed by atoms with Crippen LogP contribution in [-0.2, 0) is 6.61 Å². The summed E-state index contributed by atoms with van der Waals surface area (Å²) in [6.45, 7) is 0.175. The Morgan fingerprint density at radius 3 is 2.80 bits per heavy atom. The monoisotopic (exact) mass is 275 g/mol. The van der Waals surface area contributed by atoms with Crippen LogP contribution in [0, 0.1) is 10.1 Å². The first kappa shape index (κ1) is 13.6. The van der Waals surface area contributed by atoms with Crippen LogP contribution < -0.4 is 15.2 Å². The van der Waals surface area contributed by atoms with E-state index >= 15 is 0 Å². The van der Waals surface area contributed by atoms with Crippen molar-refractivity contribution >= 4 is 11.5 Å². The zero-order valence-corrected chi connectivity index (χ0v) is 10.8. The molecule has 0 unspecified atom stereocenters. The Hall–Kier alpha value is -2.83. The molecule has 0 amide bonds. The van der Waals surface area contributed by atoms with E-state index in [1.807, 2.05) is 0 Å². The molecule has 0 bridgehead atoms. The molecule has 2 rings (SSSR count).